The van der Waals surface area contributed by atoms with Gasteiger partial charge in [0.15, 0.2) is 5.76 Å². The number of nitrogens with zero attached hydrogens (tertiary/aromatic N) is 1. The van der Waals surface area contributed by atoms with E-state index in [0.29, 0.717) is 11.3 Å². The Kier molecular flexibility index (Phi) is 8.08. The van der Waals surface area contributed by atoms with Crippen molar-refractivity contribution in [2.45, 2.75) is 62.2 Å². The molecule has 1 aromatic heterocycles. The molecule has 0 aliphatic heterocycles. The molecule has 5 nitrogen and oxygen atoms in total. The average molecular weight is 526 g/mol. The van der Waals surface area contributed by atoms with E-state index in [4.69, 9.17) is 9.25 Å². The van der Waals surface area contributed by atoms with Crippen LogP contribution in [0.1, 0.15) is 72.7 Å². The molecular formula is C32H31NO4S. The smallest absolute Gasteiger partial charge is 0.331 e. The van der Waals surface area contributed by atoms with Gasteiger partial charge in [-0.15, -0.1) is 0 Å². The van der Waals surface area contributed by atoms with Crippen molar-refractivity contribution in [1.82, 2.24) is 0 Å². The minimum Gasteiger partial charge on any atom is -0.452 e. The minimum absolute atomic E-state index is 0.114. The van der Waals surface area contributed by atoms with Crippen LogP contribution in [-0.2, 0) is 9.63 Å². The Morgan fingerprint density at radius 3 is 2.18 bits per heavy atom. The van der Waals surface area contributed by atoms with Gasteiger partial charge >= 0.3 is 5.97 Å². The summed E-state index contributed by atoms with van der Waals surface area (Å²) in [6.45, 7) is 3.29. The Morgan fingerprint density at radius 2 is 1.55 bits per heavy atom. The van der Waals surface area contributed by atoms with Crippen LogP contribution in [0.4, 0.5) is 0 Å². The third kappa shape index (κ3) is 6.08. The number of benzene rings is 3. The fourth-order valence-corrected chi connectivity index (χ4v) is 5.87. The van der Waals surface area contributed by atoms with E-state index in [-0.39, 0.29) is 5.78 Å². The van der Waals surface area contributed by atoms with Crippen LogP contribution < -0.4 is 0 Å². The van der Waals surface area contributed by atoms with Crippen molar-refractivity contribution in [1.29, 1.82) is 0 Å². The zero-order valence-corrected chi connectivity index (χ0v) is 22.6. The lowest BCUT2D eigenvalue weighted by molar-refractivity contribution is -0.140. The number of carbonyl (C=O) groups excluding carboxylic acids is 2. The van der Waals surface area contributed by atoms with Gasteiger partial charge in [-0.25, -0.2) is 4.79 Å². The van der Waals surface area contributed by atoms with Gasteiger partial charge in [0.25, 0.3) is 0 Å². The van der Waals surface area contributed by atoms with Crippen molar-refractivity contribution in [3.63, 3.8) is 0 Å². The monoisotopic (exact) mass is 525 g/mol. The molecule has 38 heavy (non-hydrogen) atoms. The van der Waals surface area contributed by atoms with Crippen molar-refractivity contribution >= 4 is 40.2 Å². The number of furan rings is 1. The number of fused-ring (bicyclic) bond motifs is 1. The molecule has 3 aromatic carbocycles. The van der Waals surface area contributed by atoms with Crippen LogP contribution in [0.2, 0.25) is 0 Å². The standard InChI is InChI=1S/C32H31NO4S/c1-21-28-9-5-6-10-30(28)36-32(21)31(35)25-14-18-27(19-15-25)38-26-16-12-24(13-17-26)29(33-37-22(2)34)20-11-23-7-3-4-8-23/h5-6,9-10,12-19,23H,3-4,7-8,11,20H2,1-2H3/b33-29-. The van der Waals surface area contributed by atoms with Crippen molar-refractivity contribution < 1.29 is 18.8 Å². The molecule has 0 saturated heterocycles. The molecule has 4 aromatic rings. The molecule has 0 radical (unpaired) electrons. The Morgan fingerprint density at radius 1 is 0.921 bits per heavy atom. The van der Waals surface area contributed by atoms with Gasteiger partial charge < -0.3 is 9.25 Å². The van der Waals surface area contributed by atoms with E-state index < -0.39 is 5.97 Å². The highest BCUT2D eigenvalue weighted by Crippen LogP contribution is 2.32. The minimum atomic E-state index is -0.409. The van der Waals surface area contributed by atoms with Gasteiger partial charge in [0.05, 0.1) is 5.71 Å². The maximum atomic E-state index is 13.1. The summed E-state index contributed by atoms with van der Waals surface area (Å²) < 4.78 is 5.86. The van der Waals surface area contributed by atoms with E-state index in [1.54, 1.807) is 11.8 Å². The number of hydrogen-bond acceptors (Lipinski definition) is 6. The van der Waals surface area contributed by atoms with Gasteiger partial charge in [-0.3, -0.25) is 4.79 Å². The van der Waals surface area contributed by atoms with E-state index in [1.165, 1.54) is 32.6 Å². The van der Waals surface area contributed by atoms with E-state index in [9.17, 15) is 9.59 Å². The summed E-state index contributed by atoms with van der Waals surface area (Å²) in [5.74, 6) is 0.601. The van der Waals surface area contributed by atoms with Crippen LogP contribution in [0, 0.1) is 12.8 Å². The average Bonchev–Trinajstić information content (AvgIpc) is 3.57. The molecular weight excluding hydrogens is 494 g/mol. The van der Waals surface area contributed by atoms with Gasteiger partial charge in [-0.2, -0.15) is 0 Å². The Hall–Kier alpha value is -3.64. The van der Waals surface area contributed by atoms with Gasteiger partial charge in [-0.05, 0) is 73.7 Å². The first-order chi connectivity index (χ1) is 18.5. The van der Waals surface area contributed by atoms with E-state index in [1.807, 2.05) is 67.6 Å². The summed E-state index contributed by atoms with van der Waals surface area (Å²) >= 11 is 1.62. The number of rotatable bonds is 9. The molecule has 0 amide bonds. The van der Waals surface area contributed by atoms with Gasteiger partial charge in [0, 0.05) is 33.2 Å². The molecule has 5 rings (SSSR count). The Labute approximate surface area is 227 Å². The lowest BCUT2D eigenvalue weighted by Gasteiger charge is -2.11. The molecule has 194 valence electrons. The van der Waals surface area contributed by atoms with Crippen molar-refractivity contribution in [3.8, 4) is 0 Å². The predicted octanol–water partition coefficient (Wildman–Crippen LogP) is 8.36. The first-order valence-electron chi connectivity index (χ1n) is 13.1. The highest BCUT2D eigenvalue weighted by Gasteiger charge is 2.19. The van der Waals surface area contributed by atoms with E-state index >= 15 is 0 Å². The summed E-state index contributed by atoms with van der Waals surface area (Å²) in [7, 11) is 0. The predicted molar refractivity (Wildman–Crippen MR) is 151 cm³/mol. The van der Waals surface area contributed by atoms with E-state index in [0.717, 1.165) is 56.4 Å². The maximum Gasteiger partial charge on any atom is 0.331 e. The first kappa shape index (κ1) is 26.0. The van der Waals surface area contributed by atoms with Crippen LogP contribution in [0.3, 0.4) is 0 Å². The third-order valence-electron chi connectivity index (χ3n) is 7.14. The summed E-state index contributed by atoms with van der Waals surface area (Å²) in [5.41, 5.74) is 3.97. The molecule has 1 heterocycles. The normalized spacial score (nSPS) is 14.2. The quantitative estimate of drug-likeness (QED) is 0.0950. The summed E-state index contributed by atoms with van der Waals surface area (Å²) in [6.07, 6.45) is 7.03. The molecule has 1 saturated carbocycles. The maximum absolute atomic E-state index is 13.1. The largest absolute Gasteiger partial charge is 0.452 e. The van der Waals surface area contributed by atoms with Gasteiger partial charge in [-0.1, -0.05) is 72.9 Å². The molecule has 0 unspecified atom stereocenters. The number of oxime groups is 1. The Bertz CT molecular complexity index is 1460. The molecule has 0 bridgehead atoms. The van der Waals surface area contributed by atoms with Crippen molar-refractivity contribution in [2.24, 2.45) is 11.1 Å². The SMILES string of the molecule is CC(=O)O/N=C(/CCC1CCCC1)c1ccc(Sc2ccc(C(=O)c3oc4ccccc4c3C)cc2)cc1. The summed E-state index contributed by atoms with van der Waals surface area (Å²) in [5, 5.41) is 5.12. The van der Waals surface area contributed by atoms with Crippen LogP contribution in [0.25, 0.3) is 11.0 Å². The van der Waals surface area contributed by atoms with Crippen LogP contribution in [-0.4, -0.2) is 17.5 Å². The lowest BCUT2D eigenvalue weighted by atomic mass is 9.97. The van der Waals surface area contributed by atoms with Crippen LogP contribution in [0.15, 0.2) is 92.2 Å². The highest BCUT2D eigenvalue weighted by molar-refractivity contribution is 7.99. The number of hydrogen-bond donors (Lipinski definition) is 0. The van der Waals surface area contributed by atoms with Gasteiger partial charge in [0.1, 0.15) is 5.58 Å². The topological polar surface area (TPSA) is 68.9 Å². The lowest BCUT2D eigenvalue weighted by Crippen LogP contribution is -2.07. The van der Waals surface area contributed by atoms with Crippen LogP contribution in [0.5, 0.6) is 0 Å². The molecule has 0 atom stereocenters. The van der Waals surface area contributed by atoms with E-state index in [2.05, 4.69) is 17.3 Å². The summed E-state index contributed by atoms with van der Waals surface area (Å²) in [4.78, 5) is 31.5. The number of carbonyl (C=O) groups is 2. The fourth-order valence-electron chi connectivity index (χ4n) is 5.05. The highest BCUT2D eigenvalue weighted by atomic mass is 32.2. The van der Waals surface area contributed by atoms with Crippen molar-refractivity contribution in [3.05, 3.63) is 95.2 Å². The molecule has 0 spiro atoms. The van der Waals surface area contributed by atoms with Gasteiger partial charge in [0.2, 0.25) is 5.78 Å². The molecule has 6 heteroatoms. The fraction of sp³-hybridized carbons (Fsp3) is 0.281. The summed E-state index contributed by atoms with van der Waals surface area (Å²) in [6, 6.07) is 23.5. The first-order valence-corrected chi connectivity index (χ1v) is 13.9. The second-order valence-corrected chi connectivity index (χ2v) is 11.0. The second-order valence-electron chi connectivity index (χ2n) is 9.84. The third-order valence-corrected chi connectivity index (χ3v) is 8.15. The molecule has 1 aliphatic carbocycles. The van der Waals surface area contributed by atoms with Crippen molar-refractivity contribution in [2.75, 3.05) is 0 Å². The number of aryl methyl sites for hydroxylation is 1. The second kappa shape index (κ2) is 11.8. The Balaban J connectivity index is 1.25. The number of ketones is 1. The molecule has 1 aliphatic rings. The molecule has 0 N–H and O–H groups in total. The zero-order chi connectivity index (χ0) is 26.5. The zero-order valence-electron chi connectivity index (χ0n) is 21.7. The molecule has 1 fully saturated rings. The number of para-hydroxylation sites is 1. The van der Waals surface area contributed by atoms with Crippen LogP contribution >= 0.6 is 11.8 Å².